The highest BCUT2D eigenvalue weighted by molar-refractivity contribution is 7.99. The van der Waals surface area contributed by atoms with Gasteiger partial charge in [0, 0.05) is 18.9 Å². The number of para-hydroxylation sites is 1. The van der Waals surface area contributed by atoms with E-state index in [0.717, 1.165) is 24.8 Å². The number of carbonyl (C=O) groups is 1. The molecule has 6 nitrogen and oxygen atoms in total. The Morgan fingerprint density at radius 2 is 2.06 bits per heavy atom. The van der Waals surface area contributed by atoms with Crippen LogP contribution in [0.25, 0.3) is 10.9 Å². The minimum absolute atomic E-state index is 0.0447. The van der Waals surface area contributed by atoms with Crippen LogP contribution in [0.1, 0.15) is 37.7 Å². The van der Waals surface area contributed by atoms with Gasteiger partial charge in [0.25, 0.3) is 5.56 Å². The van der Waals surface area contributed by atoms with Crippen molar-refractivity contribution in [1.82, 2.24) is 19.9 Å². The van der Waals surface area contributed by atoms with Gasteiger partial charge in [-0.1, -0.05) is 41.6 Å². The van der Waals surface area contributed by atoms with Gasteiger partial charge >= 0.3 is 0 Å². The van der Waals surface area contributed by atoms with E-state index in [9.17, 15) is 9.59 Å². The number of amides is 1. The largest absolute Gasteiger partial charge is 0.355 e. The monoisotopic (exact) mass is 434 g/mol. The molecule has 0 fully saturated rings. The molecular formula is C24H26N4O2S. The predicted molar refractivity (Wildman–Crippen MR) is 124 cm³/mol. The number of benzene rings is 1. The van der Waals surface area contributed by atoms with Crippen LogP contribution in [0.3, 0.4) is 0 Å². The highest BCUT2D eigenvalue weighted by Gasteiger charge is 2.14. The van der Waals surface area contributed by atoms with Crippen LogP contribution in [-0.2, 0) is 11.3 Å². The SMILES string of the molecule is O=C(CSc1nc2ccccc2c(=O)n1Cc1cccnc1)NCCC1=CCCCC1. The van der Waals surface area contributed by atoms with E-state index in [0.29, 0.717) is 29.1 Å². The summed E-state index contributed by atoms with van der Waals surface area (Å²) in [6, 6.07) is 11.1. The molecule has 160 valence electrons. The molecule has 0 radical (unpaired) electrons. The van der Waals surface area contributed by atoms with E-state index in [2.05, 4.69) is 21.4 Å². The third-order valence-corrected chi connectivity index (χ3v) is 6.35. The molecule has 7 heteroatoms. The molecule has 0 aliphatic heterocycles. The van der Waals surface area contributed by atoms with Crippen LogP contribution >= 0.6 is 11.8 Å². The van der Waals surface area contributed by atoms with Gasteiger partial charge in [0.05, 0.1) is 23.2 Å². The molecule has 31 heavy (non-hydrogen) atoms. The summed E-state index contributed by atoms with van der Waals surface area (Å²) in [6.45, 7) is 1.02. The van der Waals surface area contributed by atoms with Crippen LogP contribution in [-0.4, -0.2) is 32.7 Å². The molecule has 1 N–H and O–H groups in total. The van der Waals surface area contributed by atoms with Gasteiger partial charge in [-0.05, 0) is 55.9 Å². The first-order valence-corrected chi connectivity index (χ1v) is 11.6. The van der Waals surface area contributed by atoms with Crippen molar-refractivity contribution < 1.29 is 4.79 Å². The Hall–Kier alpha value is -2.93. The Labute approximate surface area is 185 Å². The van der Waals surface area contributed by atoms with Crippen molar-refractivity contribution in [3.63, 3.8) is 0 Å². The summed E-state index contributed by atoms with van der Waals surface area (Å²) < 4.78 is 1.63. The van der Waals surface area contributed by atoms with E-state index in [-0.39, 0.29) is 17.2 Å². The van der Waals surface area contributed by atoms with Gasteiger partial charge in [0.2, 0.25) is 5.91 Å². The lowest BCUT2D eigenvalue weighted by molar-refractivity contribution is -0.118. The molecule has 0 atom stereocenters. The van der Waals surface area contributed by atoms with Crippen molar-refractivity contribution in [2.24, 2.45) is 0 Å². The molecule has 4 rings (SSSR count). The molecule has 1 aromatic carbocycles. The lowest BCUT2D eigenvalue weighted by atomic mass is 9.97. The maximum Gasteiger partial charge on any atom is 0.262 e. The summed E-state index contributed by atoms with van der Waals surface area (Å²) in [5.74, 6) is 0.174. The summed E-state index contributed by atoms with van der Waals surface area (Å²) in [5, 5.41) is 4.11. The average Bonchev–Trinajstić information content (AvgIpc) is 2.81. The second-order valence-corrected chi connectivity index (χ2v) is 8.60. The Bertz CT molecular complexity index is 1140. The molecular weight excluding hydrogens is 408 g/mol. The predicted octanol–water partition coefficient (Wildman–Crippen LogP) is 3.94. The fraction of sp³-hybridized carbons (Fsp3) is 0.333. The van der Waals surface area contributed by atoms with Gasteiger partial charge in [-0.2, -0.15) is 0 Å². The molecule has 1 aliphatic carbocycles. The smallest absolute Gasteiger partial charge is 0.262 e. The number of nitrogens with one attached hydrogen (secondary N) is 1. The van der Waals surface area contributed by atoms with E-state index >= 15 is 0 Å². The highest BCUT2D eigenvalue weighted by atomic mass is 32.2. The summed E-state index contributed by atoms with van der Waals surface area (Å²) in [7, 11) is 0. The second-order valence-electron chi connectivity index (χ2n) is 7.66. The summed E-state index contributed by atoms with van der Waals surface area (Å²) in [6.07, 6.45) is 11.5. The first-order valence-electron chi connectivity index (χ1n) is 10.7. The minimum Gasteiger partial charge on any atom is -0.355 e. The van der Waals surface area contributed by atoms with Gasteiger partial charge in [-0.25, -0.2) is 4.98 Å². The summed E-state index contributed by atoms with van der Waals surface area (Å²) in [5.41, 5.74) is 2.89. The molecule has 3 aromatic rings. The number of rotatable bonds is 8. The van der Waals surface area contributed by atoms with Crippen molar-refractivity contribution >= 4 is 28.6 Å². The molecule has 1 aliphatic rings. The number of aromatic nitrogens is 3. The molecule has 0 bridgehead atoms. The number of nitrogens with zero attached hydrogens (tertiary/aromatic N) is 3. The van der Waals surface area contributed by atoms with Crippen LogP contribution in [0.4, 0.5) is 0 Å². The molecule has 0 saturated carbocycles. The first kappa shape index (κ1) is 21.3. The Balaban J connectivity index is 1.46. The van der Waals surface area contributed by atoms with Crippen molar-refractivity contribution in [1.29, 1.82) is 0 Å². The lowest BCUT2D eigenvalue weighted by Gasteiger charge is -2.14. The topological polar surface area (TPSA) is 76.9 Å². The van der Waals surface area contributed by atoms with Crippen LogP contribution in [0.15, 0.2) is 70.4 Å². The van der Waals surface area contributed by atoms with Crippen molar-refractivity contribution in [3.05, 3.63) is 76.4 Å². The summed E-state index contributed by atoms with van der Waals surface area (Å²) in [4.78, 5) is 34.3. The number of thioether (sulfide) groups is 1. The van der Waals surface area contributed by atoms with E-state index in [1.54, 1.807) is 23.0 Å². The molecule has 1 amide bonds. The number of allylic oxidation sites excluding steroid dienone is 1. The van der Waals surface area contributed by atoms with Crippen molar-refractivity contribution in [3.8, 4) is 0 Å². The van der Waals surface area contributed by atoms with Crippen molar-refractivity contribution in [2.75, 3.05) is 12.3 Å². The average molecular weight is 435 g/mol. The Morgan fingerprint density at radius 3 is 2.87 bits per heavy atom. The minimum atomic E-state index is -0.110. The summed E-state index contributed by atoms with van der Waals surface area (Å²) >= 11 is 1.29. The van der Waals surface area contributed by atoms with Crippen LogP contribution in [0.2, 0.25) is 0 Å². The molecule has 2 heterocycles. The third kappa shape index (κ3) is 5.61. The zero-order valence-corrected chi connectivity index (χ0v) is 18.2. The molecule has 0 spiro atoms. The maximum absolute atomic E-state index is 13.1. The Kier molecular flexibility index (Phi) is 7.14. The van der Waals surface area contributed by atoms with Gasteiger partial charge in [-0.15, -0.1) is 0 Å². The normalized spacial score (nSPS) is 13.7. The van der Waals surface area contributed by atoms with E-state index in [1.807, 2.05) is 30.3 Å². The highest BCUT2D eigenvalue weighted by Crippen LogP contribution is 2.20. The first-order chi connectivity index (χ1) is 15.2. The quantitative estimate of drug-likeness (QED) is 0.330. The third-order valence-electron chi connectivity index (χ3n) is 5.38. The fourth-order valence-electron chi connectivity index (χ4n) is 3.75. The fourth-order valence-corrected chi connectivity index (χ4v) is 4.58. The van der Waals surface area contributed by atoms with Crippen LogP contribution in [0, 0.1) is 0 Å². The van der Waals surface area contributed by atoms with E-state index in [1.165, 1.54) is 30.2 Å². The number of carbonyl (C=O) groups excluding carboxylic acids is 1. The number of fused-ring (bicyclic) bond motifs is 1. The standard InChI is InChI=1S/C24H26N4O2S/c29-22(26-14-12-18-7-2-1-3-8-18)17-31-24-27-21-11-5-4-10-20(21)23(30)28(24)16-19-9-6-13-25-15-19/h4-7,9-11,13,15H,1-3,8,12,14,16-17H2,(H,26,29). The van der Waals surface area contributed by atoms with Gasteiger partial charge in [0.15, 0.2) is 5.16 Å². The maximum atomic E-state index is 13.1. The zero-order chi connectivity index (χ0) is 21.5. The molecule has 2 aromatic heterocycles. The number of hydrogen-bond donors (Lipinski definition) is 1. The van der Waals surface area contributed by atoms with Gasteiger partial charge in [0.1, 0.15) is 0 Å². The van der Waals surface area contributed by atoms with Gasteiger partial charge in [-0.3, -0.25) is 19.1 Å². The van der Waals surface area contributed by atoms with Crippen molar-refractivity contribution in [2.45, 2.75) is 43.8 Å². The van der Waals surface area contributed by atoms with Gasteiger partial charge < -0.3 is 5.32 Å². The lowest BCUT2D eigenvalue weighted by Crippen LogP contribution is -2.28. The number of hydrogen-bond acceptors (Lipinski definition) is 5. The van der Waals surface area contributed by atoms with Crippen LogP contribution in [0.5, 0.6) is 0 Å². The molecule has 0 unspecified atom stereocenters. The molecule has 0 saturated heterocycles. The second kappa shape index (κ2) is 10.4. The van der Waals surface area contributed by atoms with Crippen LogP contribution < -0.4 is 10.9 Å². The van der Waals surface area contributed by atoms with E-state index < -0.39 is 0 Å². The Morgan fingerprint density at radius 1 is 1.16 bits per heavy atom. The van der Waals surface area contributed by atoms with E-state index in [4.69, 9.17) is 0 Å². The number of pyridine rings is 1. The zero-order valence-electron chi connectivity index (χ0n) is 17.4.